The van der Waals surface area contributed by atoms with Gasteiger partial charge >= 0.3 is 0 Å². The lowest BCUT2D eigenvalue weighted by Gasteiger charge is -2.29. The molecule has 0 saturated carbocycles. The summed E-state index contributed by atoms with van der Waals surface area (Å²) in [4.78, 5) is 15.0. The van der Waals surface area contributed by atoms with Crippen molar-refractivity contribution in [3.63, 3.8) is 0 Å². The standard InChI is InChI=1S/C22H28FN3O2/c1-17-7-8-21(28-2)19(13-17)15-25-9-11-26(12-10-25)16-22(27)24-14-18-5-3-4-6-20(18)23/h3-8,13H,9-12,14-16H2,1-2H3,(H,24,27)/p+2. The smallest absolute Gasteiger partial charge is 0.275 e. The van der Waals surface area contributed by atoms with Crippen LogP contribution in [0.1, 0.15) is 16.7 Å². The van der Waals surface area contributed by atoms with E-state index in [2.05, 4.69) is 24.4 Å². The Balaban J connectivity index is 1.43. The van der Waals surface area contributed by atoms with Gasteiger partial charge in [0.2, 0.25) is 0 Å². The molecule has 1 fully saturated rings. The number of hydrogen-bond donors (Lipinski definition) is 3. The van der Waals surface area contributed by atoms with E-state index < -0.39 is 0 Å². The van der Waals surface area contributed by atoms with Gasteiger partial charge in [0, 0.05) is 17.7 Å². The minimum Gasteiger partial charge on any atom is -0.496 e. The molecule has 0 spiro atoms. The quantitative estimate of drug-likeness (QED) is 0.613. The molecule has 0 atom stereocenters. The van der Waals surface area contributed by atoms with Gasteiger partial charge in [-0.1, -0.05) is 29.8 Å². The Morgan fingerprint density at radius 1 is 1.07 bits per heavy atom. The van der Waals surface area contributed by atoms with E-state index in [9.17, 15) is 9.18 Å². The van der Waals surface area contributed by atoms with Crippen molar-refractivity contribution in [3.05, 3.63) is 65.0 Å². The number of methoxy groups -OCH3 is 1. The van der Waals surface area contributed by atoms with Crippen LogP contribution in [0.15, 0.2) is 42.5 Å². The van der Waals surface area contributed by atoms with E-state index >= 15 is 0 Å². The van der Waals surface area contributed by atoms with E-state index in [1.807, 2.05) is 6.07 Å². The van der Waals surface area contributed by atoms with Gasteiger partial charge in [-0.2, -0.15) is 0 Å². The highest BCUT2D eigenvalue weighted by molar-refractivity contribution is 5.76. The van der Waals surface area contributed by atoms with Gasteiger partial charge in [0.15, 0.2) is 6.54 Å². The first-order chi connectivity index (χ1) is 13.5. The van der Waals surface area contributed by atoms with E-state index in [0.29, 0.717) is 12.1 Å². The summed E-state index contributed by atoms with van der Waals surface area (Å²) in [5, 5.41) is 2.84. The molecular weight excluding hydrogens is 357 g/mol. The number of quaternary nitrogens is 2. The highest BCUT2D eigenvalue weighted by atomic mass is 19.1. The Morgan fingerprint density at radius 2 is 1.79 bits per heavy atom. The molecule has 0 unspecified atom stereocenters. The van der Waals surface area contributed by atoms with Gasteiger partial charge in [0.1, 0.15) is 44.3 Å². The molecule has 0 bridgehead atoms. The van der Waals surface area contributed by atoms with E-state index in [1.165, 1.54) is 27.0 Å². The third-order valence-corrected chi connectivity index (χ3v) is 5.38. The van der Waals surface area contributed by atoms with Crippen molar-refractivity contribution >= 4 is 5.91 Å². The number of hydrogen-bond acceptors (Lipinski definition) is 2. The molecule has 1 saturated heterocycles. The summed E-state index contributed by atoms with van der Waals surface area (Å²) in [6.07, 6.45) is 0. The largest absolute Gasteiger partial charge is 0.496 e. The molecule has 3 rings (SSSR count). The van der Waals surface area contributed by atoms with Crippen molar-refractivity contribution < 1.29 is 23.7 Å². The van der Waals surface area contributed by atoms with Crippen LogP contribution in [0.25, 0.3) is 0 Å². The second-order valence-electron chi connectivity index (χ2n) is 7.54. The second kappa shape index (κ2) is 9.66. The van der Waals surface area contributed by atoms with Crippen LogP contribution >= 0.6 is 0 Å². The van der Waals surface area contributed by atoms with Crippen LogP contribution in [0.4, 0.5) is 4.39 Å². The van der Waals surface area contributed by atoms with Crippen LogP contribution in [-0.4, -0.2) is 45.7 Å². The number of nitrogens with one attached hydrogen (secondary N) is 3. The Bertz CT molecular complexity index is 804. The van der Waals surface area contributed by atoms with Gasteiger partial charge in [-0.15, -0.1) is 0 Å². The number of benzene rings is 2. The Morgan fingerprint density at radius 3 is 2.50 bits per heavy atom. The zero-order chi connectivity index (χ0) is 19.9. The van der Waals surface area contributed by atoms with Gasteiger partial charge in [-0.25, -0.2) is 4.39 Å². The predicted octanol–water partition coefficient (Wildman–Crippen LogP) is -0.257. The SMILES string of the molecule is COc1ccc(C)cc1C[NH+]1CC[NH+](CC(=O)NCc2ccccc2F)CC1. The molecule has 6 heteroatoms. The summed E-state index contributed by atoms with van der Waals surface area (Å²) < 4.78 is 19.1. The van der Waals surface area contributed by atoms with Crippen molar-refractivity contribution in [2.45, 2.75) is 20.0 Å². The highest BCUT2D eigenvalue weighted by Gasteiger charge is 2.25. The highest BCUT2D eigenvalue weighted by Crippen LogP contribution is 2.18. The van der Waals surface area contributed by atoms with Gasteiger partial charge in [0.05, 0.1) is 7.11 Å². The summed E-state index contributed by atoms with van der Waals surface area (Å²) in [6.45, 7) is 7.67. The van der Waals surface area contributed by atoms with Crippen LogP contribution in [0.3, 0.4) is 0 Å². The fourth-order valence-electron chi connectivity index (χ4n) is 3.75. The first-order valence-electron chi connectivity index (χ1n) is 9.86. The predicted molar refractivity (Wildman–Crippen MR) is 106 cm³/mol. The first-order valence-corrected chi connectivity index (χ1v) is 9.86. The topological polar surface area (TPSA) is 47.2 Å². The Kier molecular flexibility index (Phi) is 7.01. The number of ether oxygens (including phenoxy) is 1. The van der Waals surface area contributed by atoms with Crippen LogP contribution in [-0.2, 0) is 17.9 Å². The zero-order valence-corrected chi connectivity index (χ0v) is 16.7. The number of rotatable bonds is 7. The van der Waals surface area contributed by atoms with Crippen LogP contribution < -0.4 is 19.9 Å². The Hall–Kier alpha value is -2.44. The molecule has 5 nitrogen and oxygen atoms in total. The molecular formula is C22H30FN3O2+2. The monoisotopic (exact) mass is 387 g/mol. The maximum atomic E-state index is 13.6. The van der Waals surface area contributed by atoms with Gasteiger partial charge in [-0.05, 0) is 25.1 Å². The number of carbonyl (C=O) groups is 1. The van der Waals surface area contributed by atoms with Crippen molar-refractivity contribution in [1.82, 2.24) is 5.32 Å². The summed E-state index contributed by atoms with van der Waals surface area (Å²) in [6, 6.07) is 12.8. The van der Waals surface area contributed by atoms with Gasteiger partial charge in [0.25, 0.3) is 5.91 Å². The average Bonchev–Trinajstić information content (AvgIpc) is 2.69. The molecule has 1 heterocycles. The molecule has 0 aliphatic carbocycles. The molecule has 3 N–H and O–H groups in total. The molecule has 2 aromatic rings. The summed E-state index contributed by atoms with van der Waals surface area (Å²) in [7, 11) is 1.71. The lowest BCUT2D eigenvalue weighted by Crippen LogP contribution is -3.28. The van der Waals surface area contributed by atoms with Crippen molar-refractivity contribution in [2.24, 2.45) is 0 Å². The minimum absolute atomic E-state index is 0.0259. The van der Waals surface area contributed by atoms with Crippen LogP contribution in [0.5, 0.6) is 5.75 Å². The summed E-state index contributed by atoms with van der Waals surface area (Å²) in [5.74, 6) is 0.640. The minimum atomic E-state index is -0.279. The van der Waals surface area contributed by atoms with Crippen molar-refractivity contribution in [2.75, 3.05) is 39.8 Å². The molecule has 0 radical (unpaired) electrons. The van der Waals surface area contributed by atoms with Crippen LogP contribution in [0, 0.1) is 12.7 Å². The van der Waals surface area contributed by atoms with Crippen LogP contribution in [0.2, 0.25) is 0 Å². The maximum Gasteiger partial charge on any atom is 0.275 e. The third-order valence-electron chi connectivity index (χ3n) is 5.38. The molecule has 1 amide bonds. The molecule has 28 heavy (non-hydrogen) atoms. The zero-order valence-electron chi connectivity index (χ0n) is 16.7. The molecule has 0 aromatic heterocycles. The fourth-order valence-corrected chi connectivity index (χ4v) is 3.75. The molecule has 1 aliphatic rings. The normalized spacial score (nSPS) is 19.2. The van der Waals surface area contributed by atoms with E-state index in [-0.39, 0.29) is 18.3 Å². The van der Waals surface area contributed by atoms with E-state index in [4.69, 9.17) is 4.74 Å². The number of halogens is 1. The molecule has 1 aliphatic heterocycles. The third kappa shape index (κ3) is 5.53. The second-order valence-corrected chi connectivity index (χ2v) is 7.54. The average molecular weight is 387 g/mol. The first kappa shape index (κ1) is 20.3. The lowest BCUT2D eigenvalue weighted by atomic mass is 10.1. The summed E-state index contributed by atoms with van der Waals surface area (Å²) >= 11 is 0. The van der Waals surface area contributed by atoms with Gasteiger partial charge in [-0.3, -0.25) is 4.79 Å². The number of piperazine rings is 1. The van der Waals surface area contributed by atoms with E-state index in [1.54, 1.807) is 25.3 Å². The number of carbonyl (C=O) groups excluding carboxylic acids is 1. The Labute approximate surface area is 166 Å². The number of amides is 1. The summed E-state index contributed by atoms with van der Waals surface area (Å²) in [5.41, 5.74) is 3.00. The lowest BCUT2D eigenvalue weighted by molar-refractivity contribution is -1.02. The van der Waals surface area contributed by atoms with Crippen molar-refractivity contribution in [3.8, 4) is 5.75 Å². The van der Waals surface area contributed by atoms with Gasteiger partial charge < -0.3 is 19.9 Å². The van der Waals surface area contributed by atoms with Crippen molar-refractivity contribution in [1.29, 1.82) is 0 Å². The molecule has 2 aromatic carbocycles. The molecule has 150 valence electrons. The fraction of sp³-hybridized carbons (Fsp3) is 0.409. The number of aryl methyl sites for hydroxylation is 1. The van der Waals surface area contributed by atoms with E-state index in [0.717, 1.165) is 38.5 Å². The maximum absolute atomic E-state index is 13.6.